The largest absolute Gasteiger partial charge is 0.480 e. The molecule has 0 bridgehead atoms. The summed E-state index contributed by atoms with van der Waals surface area (Å²) in [6.45, 7) is -0.512. The lowest BCUT2D eigenvalue weighted by atomic mass is 10.1. The molecule has 7 nitrogen and oxygen atoms in total. The van der Waals surface area contributed by atoms with E-state index in [2.05, 4.69) is 10.6 Å². The van der Waals surface area contributed by atoms with E-state index in [1.54, 1.807) is 12.1 Å². The van der Waals surface area contributed by atoms with Crippen molar-refractivity contribution in [1.82, 2.24) is 10.6 Å². The summed E-state index contributed by atoms with van der Waals surface area (Å²) in [6, 6.07) is 11.6. The molecule has 7 heteroatoms. The first-order chi connectivity index (χ1) is 12.0. The average molecular weight is 342 g/mol. The van der Waals surface area contributed by atoms with Crippen LogP contribution in [0.1, 0.15) is 11.3 Å². The van der Waals surface area contributed by atoms with Crippen LogP contribution >= 0.6 is 0 Å². The second-order valence-electron chi connectivity index (χ2n) is 5.21. The van der Waals surface area contributed by atoms with Crippen molar-refractivity contribution in [1.29, 1.82) is 0 Å². The SMILES string of the molecule is O=C(O)CNC(=O)[C@H](Cc1ccccc1)NC(=O)C=Cc1ccco1. The molecule has 0 aliphatic heterocycles. The molecule has 1 atom stereocenters. The molecule has 25 heavy (non-hydrogen) atoms. The number of amides is 2. The van der Waals surface area contributed by atoms with Gasteiger partial charge in [0.15, 0.2) is 0 Å². The van der Waals surface area contributed by atoms with Gasteiger partial charge >= 0.3 is 5.97 Å². The molecule has 0 aliphatic rings. The van der Waals surface area contributed by atoms with Crippen molar-refractivity contribution in [3.63, 3.8) is 0 Å². The van der Waals surface area contributed by atoms with E-state index in [1.165, 1.54) is 18.4 Å². The van der Waals surface area contributed by atoms with E-state index < -0.39 is 30.4 Å². The zero-order valence-electron chi connectivity index (χ0n) is 13.3. The molecule has 1 aromatic carbocycles. The molecule has 3 N–H and O–H groups in total. The first-order valence-corrected chi connectivity index (χ1v) is 7.60. The van der Waals surface area contributed by atoms with Crippen LogP contribution in [-0.4, -0.2) is 35.5 Å². The van der Waals surface area contributed by atoms with Crippen molar-refractivity contribution in [3.8, 4) is 0 Å². The molecule has 0 spiro atoms. The van der Waals surface area contributed by atoms with Gasteiger partial charge in [0.2, 0.25) is 11.8 Å². The highest BCUT2D eigenvalue weighted by Crippen LogP contribution is 2.05. The Bertz CT molecular complexity index is 738. The van der Waals surface area contributed by atoms with Gasteiger partial charge in [0.25, 0.3) is 0 Å². The summed E-state index contributed by atoms with van der Waals surface area (Å²) < 4.78 is 5.09. The lowest BCUT2D eigenvalue weighted by molar-refractivity contribution is -0.138. The fourth-order valence-corrected chi connectivity index (χ4v) is 2.11. The number of furan rings is 1. The third-order valence-electron chi connectivity index (χ3n) is 3.27. The number of rotatable bonds is 8. The van der Waals surface area contributed by atoms with E-state index in [1.807, 2.05) is 30.3 Å². The molecular weight excluding hydrogens is 324 g/mol. The van der Waals surface area contributed by atoms with Gasteiger partial charge in [0.1, 0.15) is 18.3 Å². The summed E-state index contributed by atoms with van der Waals surface area (Å²) in [5.41, 5.74) is 0.841. The summed E-state index contributed by atoms with van der Waals surface area (Å²) in [4.78, 5) is 34.9. The Labute approximate surface area is 144 Å². The maximum absolute atomic E-state index is 12.2. The predicted molar refractivity (Wildman–Crippen MR) is 90.5 cm³/mol. The normalized spacial score (nSPS) is 11.8. The third kappa shape index (κ3) is 6.34. The number of carboxylic acids is 1. The Morgan fingerprint density at radius 1 is 1.12 bits per heavy atom. The van der Waals surface area contributed by atoms with Crippen LogP contribution in [0.4, 0.5) is 0 Å². The number of carboxylic acid groups (broad SMARTS) is 1. The topological polar surface area (TPSA) is 109 Å². The average Bonchev–Trinajstić information content (AvgIpc) is 3.11. The highest BCUT2D eigenvalue weighted by Gasteiger charge is 2.20. The lowest BCUT2D eigenvalue weighted by Gasteiger charge is -2.17. The highest BCUT2D eigenvalue weighted by molar-refractivity contribution is 5.95. The molecule has 0 aliphatic carbocycles. The molecule has 130 valence electrons. The Morgan fingerprint density at radius 3 is 2.52 bits per heavy atom. The zero-order valence-corrected chi connectivity index (χ0v) is 13.3. The molecule has 0 saturated carbocycles. The van der Waals surface area contributed by atoms with Crippen LogP contribution in [-0.2, 0) is 20.8 Å². The van der Waals surface area contributed by atoms with E-state index >= 15 is 0 Å². The number of carbonyl (C=O) groups is 3. The van der Waals surface area contributed by atoms with E-state index in [0.717, 1.165) is 5.56 Å². The second kappa shape index (κ2) is 9.07. The predicted octanol–water partition coefficient (Wildman–Crippen LogP) is 1.22. The van der Waals surface area contributed by atoms with Crippen molar-refractivity contribution in [3.05, 3.63) is 66.1 Å². The summed E-state index contributed by atoms with van der Waals surface area (Å²) in [5, 5.41) is 13.5. The standard InChI is InChI=1S/C18H18N2O5/c21-16(9-8-14-7-4-10-25-14)20-15(18(24)19-12-17(22)23)11-13-5-2-1-3-6-13/h1-10,15H,11-12H2,(H,19,24)(H,20,21)(H,22,23)/t15-/m0/s1. The minimum atomic E-state index is -1.16. The molecular formula is C18H18N2O5. The van der Waals surface area contributed by atoms with Gasteiger partial charge in [0, 0.05) is 12.5 Å². The molecule has 2 aromatic rings. The smallest absolute Gasteiger partial charge is 0.322 e. The van der Waals surface area contributed by atoms with Crippen molar-refractivity contribution in [2.45, 2.75) is 12.5 Å². The fourth-order valence-electron chi connectivity index (χ4n) is 2.11. The monoisotopic (exact) mass is 342 g/mol. The van der Waals surface area contributed by atoms with Crippen molar-refractivity contribution >= 4 is 23.9 Å². The minimum Gasteiger partial charge on any atom is -0.480 e. The second-order valence-corrected chi connectivity index (χ2v) is 5.21. The van der Waals surface area contributed by atoms with Crippen LogP contribution in [0.5, 0.6) is 0 Å². The van der Waals surface area contributed by atoms with Gasteiger partial charge in [0.05, 0.1) is 6.26 Å². The maximum atomic E-state index is 12.2. The van der Waals surface area contributed by atoms with Crippen LogP contribution in [0, 0.1) is 0 Å². The molecule has 0 unspecified atom stereocenters. The quantitative estimate of drug-likeness (QED) is 0.625. The molecule has 0 saturated heterocycles. The number of hydrogen-bond acceptors (Lipinski definition) is 4. The van der Waals surface area contributed by atoms with E-state index in [0.29, 0.717) is 5.76 Å². The van der Waals surface area contributed by atoms with Crippen molar-refractivity contribution in [2.75, 3.05) is 6.54 Å². The lowest BCUT2D eigenvalue weighted by Crippen LogP contribution is -2.48. The van der Waals surface area contributed by atoms with E-state index in [-0.39, 0.29) is 6.42 Å². The zero-order chi connectivity index (χ0) is 18.1. The van der Waals surface area contributed by atoms with E-state index in [4.69, 9.17) is 9.52 Å². The van der Waals surface area contributed by atoms with Gasteiger partial charge in [-0.3, -0.25) is 14.4 Å². The van der Waals surface area contributed by atoms with Gasteiger partial charge in [-0.2, -0.15) is 0 Å². The summed E-state index contributed by atoms with van der Waals surface area (Å²) in [5.74, 6) is -1.70. The third-order valence-corrected chi connectivity index (χ3v) is 3.27. The van der Waals surface area contributed by atoms with Gasteiger partial charge in [-0.15, -0.1) is 0 Å². The van der Waals surface area contributed by atoms with E-state index in [9.17, 15) is 14.4 Å². The number of carbonyl (C=O) groups excluding carboxylic acids is 2. The fraction of sp³-hybridized carbons (Fsp3) is 0.167. The van der Waals surface area contributed by atoms with Gasteiger partial charge in [-0.1, -0.05) is 30.3 Å². The molecule has 2 rings (SSSR count). The Balaban J connectivity index is 2.03. The Morgan fingerprint density at radius 2 is 1.88 bits per heavy atom. The van der Waals surface area contributed by atoms with Crippen LogP contribution in [0.2, 0.25) is 0 Å². The minimum absolute atomic E-state index is 0.243. The summed E-state index contributed by atoms with van der Waals surface area (Å²) in [6.07, 6.45) is 4.45. The van der Waals surface area contributed by atoms with Gasteiger partial charge in [-0.25, -0.2) is 0 Å². The van der Waals surface area contributed by atoms with Crippen LogP contribution in [0.15, 0.2) is 59.2 Å². The number of aliphatic carboxylic acids is 1. The summed E-state index contributed by atoms with van der Waals surface area (Å²) >= 11 is 0. The molecule has 0 fully saturated rings. The maximum Gasteiger partial charge on any atom is 0.322 e. The Kier molecular flexibility index (Phi) is 6.53. The number of benzene rings is 1. The van der Waals surface area contributed by atoms with Crippen molar-refractivity contribution in [2.24, 2.45) is 0 Å². The number of nitrogens with one attached hydrogen (secondary N) is 2. The first-order valence-electron chi connectivity index (χ1n) is 7.60. The van der Waals surface area contributed by atoms with Crippen LogP contribution in [0.3, 0.4) is 0 Å². The molecule has 0 radical (unpaired) electrons. The highest BCUT2D eigenvalue weighted by atomic mass is 16.4. The molecule has 1 heterocycles. The first kappa shape index (κ1) is 18.0. The molecule has 1 aromatic heterocycles. The number of hydrogen-bond donors (Lipinski definition) is 3. The van der Waals surface area contributed by atoms with Crippen LogP contribution in [0.25, 0.3) is 6.08 Å². The Hall–Kier alpha value is -3.35. The van der Waals surface area contributed by atoms with Gasteiger partial charge < -0.3 is 20.2 Å². The molecule has 2 amide bonds. The van der Waals surface area contributed by atoms with Crippen molar-refractivity contribution < 1.29 is 23.9 Å². The summed E-state index contributed by atoms with van der Waals surface area (Å²) in [7, 11) is 0. The van der Waals surface area contributed by atoms with Gasteiger partial charge in [-0.05, 0) is 23.8 Å². The van der Waals surface area contributed by atoms with Crippen LogP contribution < -0.4 is 10.6 Å².